The Labute approximate surface area is 120 Å². The van der Waals surface area contributed by atoms with Gasteiger partial charge in [0.05, 0.1) is 12.8 Å². The van der Waals surface area contributed by atoms with Crippen molar-refractivity contribution in [3.8, 4) is 5.88 Å². The lowest BCUT2D eigenvalue weighted by Crippen LogP contribution is -2.38. The highest BCUT2D eigenvalue weighted by atomic mass is 16.5. The first-order valence-corrected chi connectivity index (χ1v) is 7.05. The van der Waals surface area contributed by atoms with Gasteiger partial charge in [-0.15, -0.1) is 0 Å². The molecule has 1 aromatic rings. The van der Waals surface area contributed by atoms with E-state index in [2.05, 4.69) is 32.5 Å². The van der Waals surface area contributed by atoms with E-state index in [-0.39, 0.29) is 5.92 Å². The van der Waals surface area contributed by atoms with Crippen LogP contribution >= 0.6 is 0 Å². The fraction of sp³-hybridized carbons (Fsp3) is 0.643. The fourth-order valence-electron chi connectivity index (χ4n) is 2.30. The Kier molecular flexibility index (Phi) is 5.29. The van der Waals surface area contributed by atoms with E-state index >= 15 is 0 Å². The first-order chi connectivity index (χ1) is 9.72. The number of nitrogens with zero attached hydrogens (tertiary/aromatic N) is 3. The predicted molar refractivity (Wildman–Crippen MR) is 80.9 cm³/mol. The highest BCUT2D eigenvalue weighted by Crippen LogP contribution is 2.19. The third-order valence-electron chi connectivity index (χ3n) is 3.40. The molecule has 2 heterocycles. The van der Waals surface area contributed by atoms with E-state index in [4.69, 9.17) is 4.74 Å². The van der Waals surface area contributed by atoms with Crippen LogP contribution in [0.2, 0.25) is 0 Å². The molecule has 2 unspecified atom stereocenters. The van der Waals surface area contributed by atoms with Crippen LogP contribution in [0.3, 0.4) is 0 Å². The van der Waals surface area contributed by atoms with E-state index in [1.165, 1.54) is 6.42 Å². The lowest BCUT2D eigenvalue weighted by molar-refractivity contribution is 0.396. The molecule has 1 aliphatic rings. The van der Waals surface area contributed by atoms with Crippen LogP contribution in [0.25, 0.3) is 0 Å². The van der Waals surface area contributed by atoms with Gasteiger partial charge in [-0.25, -0.2) is 4.98 Å². The summed E-state index contributed by atoms with van der Waals surface area (Å²) in [6.07, 6.45) is 4.18. The molecule has 1 aliphatic heterocycles. The van der Waals surface area contributed by atoms with Gasteiger partial charge >= 0.3 is 0 Å². The van der Waals surface area contributed by atoms with Crippen LogP contribution in [0.15, 0.2) is 11.1 Å². The van der Waals surface area contributed by atoms with Crippen molar-refractivity contribution < 1.29 is 4.74 Å². The molecule has 0 bridgehead atoms. The van der Waals surface area contributed by atoms with Crippen molar-refractivity contribution in [2.45, 2.75) is 31.7 Å². The first-order valence-electron chi connectivity index (χ1n) is 7.05. The summed E-state index contributed by atoms with van der Waals surface area (Å²) >= 11 is 0. The van der Waals surface area contributed by atoms with Gasteiger partial charge in [-0.2, -0.15) is 4.98 Å². The molecule has 20 heavy (non-hydrogen) atoms. The van der Waals surface area contributed by atoms with Gasteiger partial charge in [0, 0.05) is 37.8 Å². The van der Waals surface area contributed by atoms with Crippen LogP contribution in [-0.2, 0) is 0 Å². The summed E-state index contributed by atoms with van der Waals surface area (Å²) in [5.41, 5.74) is 0.911. The van der Waals surface area contributed by atoms with Gasteiger partial charge in [-0.05, 0) is 19.4 Å². The number of hydrogen-bond acceptors (Lipinski definition) is 6. The highest BCUT2D eigenvalue weighted by molar-refractivity contribution is 5.66. The Hall–Kier alpha value is -1.69. The van der Waals surface area contributed by atoms with E-state index < -0.39 is 0 Å². The summed E-state index contributed by atoms with van der Waals surface area (Å²) in [6, 6.07) is 2.23. The second kappa shape index (κ2) is 7.19. The number of anilines is 1. The Balaban J connectivity index is 2.16. The number of aromatic nitrogens is 2. The third-order valence-corrected chi connectivity index (χ3v) is 3.40. The number of nitrogens with one attached hydrogen (secondary N) is 2. The third kappa shape index (κ3) is 3.90. The number of piperidine rings is 1. The topological polar surface area (TPSA) is 71.4 Å². The lowest BCUT2D eigenvalue weighted by atomic mass is 10.1. The summed E-state index contributed by atoms with van der Waals surface area (Å²) < 4.78 is 5.26. The highest BCUT2D eigenvalue weighted by Gasteiger charge is 2.16. The van der Waals surface area contributed by atoms with Crippen molar-refractivity contribution in [3.63, 3.8) is 0 Å². The minimum Gasteiger partial charge on any atom is -0.481 e. The van der Waals surface area contributed by atoms with Gasteiger partial charge in [-0.3, -0.25) is 0 Å². The Bertz CT molecular complexity index is 457. The summed E-state index contributed by atoms with van der Waals surface area (Å²) in [5, 5.41) is 6.75. The number of aliphatic imine (C=N–C) groups is 1. The monoisotopic (exact) mass is 277 g/mol. The van der Waals surface area contributed by atoms with Crippen molar-refractivity contribution in [1.29, 1.82) is 0 Å². The molecule has 1 fully saturated rings. The normalized spacial score (nSPS) is 20.9. The first kappa shape index (κ1) is 14.7. The van der Waals surface area contributed by atoms with Crippen LogP contribution in [0.5, 0.6) is 5.88 Å². The Morgan fingerprint density at radius 2 is 2.40 bits per heavy atom. The zero-order valence-electron chi connectivity index (χ0n) is 12.4. The number of rotatable bonds is 5. The standard InChI is InChI=1S/C14H23N5O/c1-10(8-15-2)12-7-13(20-3)19-14(18-12)17-11-5-4-6-16-9-11/h7-8,10-11,16H,4-6,9H2,1-3H3,(H,17,18,19). The van der Waals surface area contributed by atoms with Gasteiger partial charge in [0.15, 0.2) is 0 Å². The Morgan fingerprint density at radius 1 is 1.55 bits per heavy atom. The average Bonchev–Trinajstić information content (AvgIpc) is 2.48. The second-order valence-electron chi connectivity index (χ2n) is 5.04. The molecule has 0 aliphatic carbocycles. The molecule has 110 valence electrons. The summed E-state index contributed by atoms with van der Waals surface area (Å²) in [4.78, 5) is 13.0. The Morgan fingerprint density at radius 3 is 3.05 bits per heavy atom. The van der Waals surface area contributed by atoms with E-state index in [0.717, 1.165) is 25.2 Å². The molecular weight excluding hydrogens is 254 g/mol. The van der Waals surface area contributed by atoms with Crippen molar-refractivity contribution in [3.05, 3.63) is 11.8 Å². The molecule has 2 rings (SSSR count). The molecular formula is C14H23N5O. The average molecular weight is 277 g/mol. The maximum atomic E-state index is 5.26. The molecule has 1 saturated heterocycles. The van der Waals surface area contributed by atoms with E-state index in [1.54, 1.807) is 14.2 Å². The molecule has 0 radical (unpaired) electrons. The van der Waals surface area contributed by atoms with Crippen LogP contribution in [0.1, 0.15) is 31.4 Å². The molecule has 6 nitrogen and oxygen atoms in total. The van der Waals surface area contributed by atoms with Crippen molar-refractivity contribution in [2.24, 2.45) is 4.99 Å². The van der Waals surface area contributed by atoms with Crippen molar-refractivity contribution in [2.75, 3.05) is 32.6 Å². The lowest BCUT2D eigenvalue weighted by Gasteiger charge is -2.24. The summed E-state index contributed by atoms with van der Waals surface area (Å²) in [6.45, 7) is 4.09. The number of ether oxygens (including phenoxy) is 1. The molecule has 2 N–H and O–H groups in total. The molecule has 2 atom stereocenters. The fourth-order valence-corrected chi connectivity index (χ4v) is 2.30. The van der Waals surface area contributed by atoms with Gasteiger partial charge in [0.1, 0.15) is 0 Å². The van der Waals surface area contributed by atoms with Crippen LogP contribution < -0.4 is 15.4 Å². The summed E-state index contributed by atoms with van der Waals surface area (Å²) in [7, 11) is 3.39. The van der Waals surface area contributed by atoms with Crippen LogP contribution in [0, 0.1) is 0 Å². The smallest absolute Gasteiger partial charge is 0.226 e. The summed E-state index contributed by atoms with van der Waals surface area (Å²) in [5.74, 6) is 1.35. The zero-order valence-corrected chi connectivity index (χ0v) is 12.4. The number of hydrogen-bond donors (Lipinski definition) is 2. The largest absolute Gasteiger partial charge is 0.481 e. The number of methoxy groups -OCH3 is 1. The molecule has 0 saturated carbocycles. The zero-order chi connectivity index (χ0) is 14.4. The minimum absolute atomic E-state index is 0.141. The predicted octanol–water partition coefficient (Wildman–Crippen LogP) is 1.45. The maximum Gasteiger partial charge on any atom is 0.226 e. The molecule has 1 aromatic heterocycles. The van der Waals surface area contributed by atoms with Crippen LogP contribution in [-0.4, -0.2) is 49.5 Å². The van der Waals surface area contributed by atoms with Gasteiger partial charge < -0.3 is 20.4 Å². The minimum atomic E-state index is 0.141. The molecule has 0 aromatic carbocycles. The molecule has 0 amide bonds. The van der Waals surface area contributed by atoms with Crippen molar-refractivity contribution in [1.82, 2.24) is 15.3 Å². The van der Waals surface area contributed by atoms with Crippen molar-refractivity contribution >= 4 is 12.2 Å². The maximum absolute atomic E-state index is 5.26. The molecule has 6 heteroatoms. The van der Waals surface area contributed by atoms with E-state index in [0.29, 0.717) is 17.9 Å². The van der Waals surface area contributed by atoms with Crippen LogP contribution in [0.4, 0.5) is 5.95 Å². The van der Waals surface area contributed by atoms with Gasteiger partial charge in [0.2, 0.25) is 11.8 Å². The van der Waals surface area contributed by atoms with Gasteiger partial charge in [0.25, 0.3) is 0 Å². The second-order valence-corrected chi connectivity index (χ2v) is 5.04. The van der Waals surface area contributed by atoms with Gasteiger partial charge in [-0.1, -0.05) is 6.92 Å². The van der Waals surface area contributed by atoms with E-state index in [1.807, 2.05) is 12.3 Å². The quantitative estimate of drug-likeness (QED) is 0.797. The SMILES string of the molecule is CN=CC(C)c1cc(OC)nc(NC2CCCNC2)n1. The molecule has 0 spiro atoms. The van der Waals surface area contributed by atoms with E-state index in [9.17, 15) is 0 Å².